The zero-order chi connectivity index (χ0) is 10.8. The molecule has 1 aromatic rings. The van der Waals surface area contributed by atoms with Crippen molar-refractivity contribution in [2.24, 2.45) is 5.73 Å². The van der Waals surface area contributed by atoms with Gasteiger partial charge in [-0.05, 0) is 18.6 Å². The van der Waals surface area contributed by atoms with Crippen LogP contribution in [0.4, 0.5) is 0 Å². The van der Waals surface area contributed by atoms with Gasteiger partial charge in [0.15, 0.2) is 0 Å². The normalized spacial score (nSPS) is 19.4. The van der Waals surface area contributed by atoms with Crippen molar-refractivity contribution in [2.75, 3.05) is 13.1 Å². The van der Waals surface area contributed by atoms with Crippen molar-refractivity contribution in [2.45, 2.75) is 12.5 Å². The Kier molecular flexibility index (Phi) is 4.59. The molecule has 2 rings (SSSR count). The van der Waals surface area contributed by atoms with E-state index in [1.165, 1.54) is 0 Å². The number of nitrogens with two attached hydrogens (primary N) is 1. The second-order valence-electron chi connectivity index (χ2n) is 3.78. The summed E-state index contributed by atoms with van der Waals surface area (Å²) in [5, 5.41) is 0.503. The first-order chi connectivity index (χ1) is 7.18. The first-order valence-corrected chi connectivity index (χ1v) is 5.35. The maximum Gasteiger partial charge on any atom is 0.255 e. The van der Waals surface area contributed by atoms with Gasteiger partial charge in [0.25, 0.3) is 5.91 Å². The number of halogens is 2. The summed E-state index contributed by atoms with van der Waals surface area (Å²) in [6, 6.07) is 7.21. The van der Waals surface area contributed by atoms with Gasteiger partial charge in [0.1, 0.15) is 0 Å². The molecule has 0 spiro atoms. The summed E-state index contributed by atoms with van der Waals surface area (Å²) in [6.45, 7) is 1.36. The molecule has 1 aliphatic heterocycles. The van der Waals surface area contributed by atoms with Crippen LogP contribution in [0.1, 0.15) is 16.8 Å². The van der Waals surface area contributed by atoms with Crippen LogP contribution in [0.5, 0.6) is 0 Å². The van der Waals surface area contributed by atoms with Gasteiger partial charge in [-0.3, -0.25) is 4.79 Å². The van der Waals surface area contributed by atoms with Crippen LogP contribution in [0.2, 0.25) is 5.02 Å². The molecule has 0 bridgehead atoms. The van der Waals surface area contributed by atoms with Crippen molar-refractivity contribution in [3.05, 3.63) is 34.9 Å². The fraction of sp³-hybridized carbons (Fsp3) is 0.364. The largest absolute Gasteiger partial charge is 0.337 e. The second-order valence-corrected chi connectivity index (χ2v) is 4.19. The minimum absolute atomic E-state index is 0. The van der Waals surface area contributed by atoms with E-state index in [0.29, 0.717) is 17.1 Å². The number of carbonyl (C=O) groups excluding carboxylic acids is 1. The van der Waals surface area contributed by atoms with Gasteiger partial charge in [-0.25, -0.2) is 0 Å². The first kappa shape index (κ1) is 13.3. The van der Waals surface area contributed by atoms with E-state index in [1.54, 1.807) is 17.0 Å². The molecular weight excluding hydrogens is 247 g/mol. The van der Waals surface area contributed by atoms with Gasteiger partial charge in [-0.2, -0.15) is 0 Å². The Labute approximate surface area is 106 Å². The van der Waals surface area contributed by atoms with E-state index in [0.717, 1.165) is 13.0 Å². The average Bonchev–Trinajstić information content (AvgIpc) is 2.65. The summed E-state index contributed by atoms with van der Waals surface area (Å²) < 4.78 is 0. The molecule has 0 aromatic heterocycles. The molecule has 1 aromatic carbocycles. The lowest BCUT2D eigenvalue weighted by Gasteiger charge is -2.16. The minimum Gasteiger partial charge on any atom is -0.337 e. The van der Waals surface area contributed by atoms with Crippen LogP contribution in [0, 0.1) is 0 Å². The molecule has 1 atom stereocenters. The van der Waals surface area contributed by atoms with Crippen molar-refractivity contribution in [3.8, 4) is 0 Å². The summed E-state index contributed by atoms with van der Waals surface area (Å²) in [6.07, 6.45) is 0.871. The van der Waals surface area contributed by atoms with Crippen LogP contribution in [0.25, 0.3) is 0 Å². The maximum absolute atomic E-state index is 12.0. The third-order valence-electron chi connectivity index (χ3n) is 2.62. The van der Waals surface area contributed by atoms with E-state index in [-0.39, 0.29) is 24.4 Å². The third-order valence-corrected chi connectivity index (χ3v) is 2.95. The molecule has 1 heterocycles. The molecule has 1 saturated heterocycles. The smallest absolute Gasteiger partial charge is 0.255 e. The molecule has 1 amide bonds. The average molecular weight is 261 g/mol. The predicted molar refractivity (Wildman–Crippen MR) is 67.2 cm³/mol. The molecule has 1 aliphatic rings. The first-order valence-electron chi connectivity index (χ1n) is 4.98. The fourth-order valence-electron chi connectivity index (χ4n) is 1.78. The van der Waals surface area contributed by atoms with Gasteiger partial charge < -0.3 is 10.6 Å². The van der Waals surface area contributed by atoms with Gasteiger partial charge in [0, 0.05) is 19.1 Å². The van der Waals surface area contributed by atoms with E-state index in [1.807, 2.05) is 12.1 Å². The molecule has 88 valence electrons. The van der Waals surface area contributed by atoms with Gasteiger partial charge in [0.05, 0.1) is 10.6 Å². The molecule has 1 fully saturated rings. The molecule has 0 aliphatic carbocycles. The van der Waals surface area contributed by atoms with Gasteiger partial charge >= 0.3 is 0 Å². The summed E-state index contributed by atoms with van der Waals surface area (Å²) in [7, 11) is 0. The predicted octanol–water partition coefficient (Wildman–Crippen LogP) is 1.94. The van der Waals surface area contributed by atoms with E-state index in [9.17, 15) is 4.79 Å². The van der Waals surface area contributed by atoms with E-state index >= 15 is 0 Å². The fourth-order valence-corrected chi connectivity index (χ4v) is 1.99. The maximum atomic E-state index is 12.0. The summed E-state index contributed by atoms with van der Waals surface area (Å²) in [5.74, 6) is -0.0199. The third kappa shape index (κ3) is 2.67. The lowest BCUT2D eigenvalue weighted by atomic mass is 10.2. The highest BCUT2D eigenvalue weighted by Crippen LogP contribution is 2.19. The van der Waals surface area contributed by atoms with Crippen LogP contribution < -0.4 is 5.73 Å². The van der Waals surface area contributed by atoms with E-state index in [4.69, 9.17) is 17.3 Å². The highest BCUT2D eigenvalue weighted by molar-refractivity contribution is 6.33. The summed E-state index contributed by atoms with van der Waals surface area (Å²) >= 11 is 5.96. The molecule has 5 heteroatoms. The second kappa shape index (κ2) is 5.53. The molecule has 0 saturated carbocycles. The number of amides is 1. The number of carbonyl (C=O) groups is 1. The van der Waals surface area contributed by atoms with Crippen molar-refractivity contribution < 1.29 is 4.79 Å². The Morgan fingerprint density at radius 3 is 2.69 bits per heavy atom. The van der Waals surface area contributed by atoms with Crippen LogP contribution >= 0.6 is 24.0 Å². The van der Waals surface area contributed by atoms with Crippen molar-refractivity contribution in [1.29, 1.82) is 0 Å². The highest BCUT2D eigenvalue weighted by atomic mass is 35.5. The number of nitrogens with zero attached hydrogens (tertiary/aromatic N) is 1. The topological polar surface area (TPSA) is 46.3 Å². The molecule has 16 heavy (non-hydrogen) atoms. The number of hydrogen-bond acceptors (Lipinski definition) is 2. The number of hydrogen-bond donors (Lipinski definition) is 1. The van der Waals surface area contributed by atoms with Crippen LogP contribution in [0.15, 0.2) is 24.3 Å². The summed E-state index contributed by atoms with van der Waals surface area (Å²) in [5.41, 5.74) is 6.32. The van der Waals surface area contributed by atoms with E-state index in [2.05, 4.69) is 0 Å². The molecule has 0 unspecified atom stereocenters. The minimum atomic E-state index is -0.0199. The Balaban J connectivity index is 0.00000128. The Morgan fingerprint density at radius 2 is 2.12 bits per heavy atom. The zero-order valence-corrected chi connectivity index (χ0v) is 10.3. The lowest BCUT2D eigenvalue weighted by molar-refractivity contribution is 0.0791. The Morgan fingerprint density at radius 1 is 1.44 bits per heavy atom. The lowest BCUT2D eigenvalue weighted by Crippen LogP contribution is -2.32. The number of likely N-dealkylation sites (tertiary alicyclic amines) is 1. The van der Waals surface area contributed by atoms with E-state index < -0.39 is 0 Å². The van der Waals surface area contributed by atoms with Crippen LogP contribution in [-0.2, 0) is 0 Å². The number of rotatable bonds is 1. The molecule has 2 N–H and O–H groups in total. The van der Waals surface area contributed by atoms with Gasteiger partial charge in [0.2, 0.25) is 0 Å². The van der Waals surface area contributed by atoms with Crippen molar-refractivity contribution in [1.82, 2.24) is 4.90 Å². The molecular formula is C11H14Cl2N2O. The van der Waals surface area contributed by atoms with Gasteiger partial charge in [-0.1, -0.05) is 23.7 Å². The quantitative estimate of drug-likeness (QED) is 0.839. The standard InChI is InChI=1S/C11H13ClN2O.ClH/c12-10-4-2-1-3-9(10)11(15)14-6-5-8(13)7-14;/h1-4,8H,5-7,13H2;1H/t8-;/m1./s1. The monoisotopic (exact) mass is 260 g/mol. The van der Waals surface area contributed by atoms with Gasteiger partial charge in [-0.15, -0.1) is 12.4 Å². The zero-order valence-electron chi connectivity index (χ0n) is 8.73. The summed E-state index contributed by atoms with van der Waals surface area (Å²) in [4.78, 5) is 13.8. The van der Waals surface area contributed by atoms with Crippen molar-refractivity contribution >= 4 is 29.9 Å². The van der Waals surface area contributed by atoms with Crippen LogP contribution in [0.3, 0.4) is 0 Å². The highest BCUT2D eigenvalue weighted by Gasteiger charge is 2.25. The Hall–Kier alpha value is -0.770. The SMILES string of the molecule is Cl.N[C@@H]1CCN(C(=O)c2ccccc2Cl)C1. The van der Waals surface area contributed by atoms with Crippen molar-refractivity contribution in [3.63, 3.8) is 0 Å². The Bertz CT molecular complexity index is 384. The van der Waals surface area contributed by atoms with Crippen LogP contribution in [-0.4, -0.2) is 29.9 Å². The molecule has 0 radical (unpaired) electrons. The number of benzene rings is 1. The molecule has 3 nitrogen and oxygen atoms in total.